The van der Waals surface area contributed by atoms with Crippen molar-refractivity contribution < 1.29 is 17.9 Å². The molecule has 164 valence electrons. The number of nitrogens with one attached hydrogen (secondary N) is 1. The summed E-state index contributed by atoms with van der Waals surface area (Å²) in [6.07, 6.45) is 0.974. The molecule has 0 fully saturated rings. The van der Waals surface area contributed by atoms with Crippen LogP contribution in [0.25, 0.3) is 10.8 Å². The Kier molecular flexibility index (Phi) is 7.54. The van der Waals surface area contributed by atoms with Crippen LogP contribution in [0.15, 0.2) is 54.6 Å². The van der Waals surface area contributed by atoms with E-state index in [0.717, 1.165) is 21.3 Å². The van der Waals surface area contributed by atoms with Crippen molar-refractivity contribution in [3.05, 3.63) is 69.7 Å². The van der Waals surface area contributed by atoms with Gasteiger partial charge in [0.15, 0.2) is 0 Å². The van der Waals surface area contributed by atoms with E-state index in [1.807, 2.05) is 42.5 Å². The molecule has 6 nitrogen and oxygen atoms in total. The van der Waals surface area contributed by atoms with Gasteiger partial charge in [-0.2, -0.15) is 0 Å². The summed E-state index contributed by atoms with van der Waals surface area (Å²) in [5.74, 6) is 0.156. The van der Waals surface area contributed by atoms with Gasteiger partial charge in [0, 0.05) is 0 Å². The van der Waals surface area contributed by atoms with Gasteiger partial charge in [0.1, 0.15) is 18.9 Å². The fourth-order valence-electron chi connectivity index (χ4n) is 2.89. The van der Waals surface area contributed by atoms with Gasteiger partial charge in [-0.3, -0.25) is 9.10 Å². The topological polar surface area (TPSA) is 75.7 Å². The predicted octanol–water partition coefficient (Wildman–Crippen LogP) is 4.76. The van der Waals surface area contributed by atoms with E-state index in [0.29, 0.717) is 5.75 Å². The highest BCUT2D eigenvalue weighted by molar-refractivity contribution is 7.92. The number of nitrogens with zero attached hydrogens (tertiary/aromatic N) is 1. The summed E-state index contributed by atoms with van der Waals surface area (Å²) < 4.78 is 31.0. The van der Waals surface area contributed by atoms with Gasteiger partial charge >= 0.3 is 0 Å². The van der Waals surface area contributed by atoms with Crippen molar-refractivity contribution in [1.82, 2.24) is 5.32 Å². The Bertz CT molecular complexity index is 1220. The Morgan fingerprint density at radius 1 is 0.968 bits per heavy atom. The highest BCUT2D eigenvalue weighted by Crippen LogP contribution is 2.35. The summed E-state index contributed by atoms with van der Waals surface area (Å²) >= 11 is 18.0. The fraction of sp³-hybridized carbons (Fsp3) is 0.190. The predicted molar refractivity (Wildman–Crippen MR) is 126 cm³/mol. The van der Waals surface area contributed by atoms with Crippen LogP contribution in [0.3, 0.4) is 0 Å². The average molecular weight is 502 g/mol. The van der Waals surface area contributed by atoms with Crippen LogP contribution in [0.5, 0.6) is 5.75 Å². The first-order valence-electron chi connectivity index (χ1n) is 9.16. The van der Waals surface area contributed by atoms with E-state index < -0.39 is 22.5 Å². The van der Waals surface area contributed by atoms with E-state index in [2.05, 4.69) is 5.32 Å². The molecule has 0 aromatic heterocycles. The molecule has 1 amide bonds. The maximum Gasteiger partial charge on any atom is 0.240 e. The van der Waals surface area contributed by atoms with Crippen LogP contribution in [0.4, 0.5) is 5.69 Å². The van der Waals surface area contributed by atoms with Crippen LogP contribution in [0, 0.1) is 0 Å². The molecule has 0 aliphatic heterocycles. The zero-order valence-electron chi connectivity index (χ0n) is 16.4. The smallest absolute Gasteiger partial charge is 0.240 e. The largest absolute Gasteiger partial charge is 0.492 e. The summed E-state index contributed by atoms with van der Waals surface area (Å²) in [4.78, 5) is 12.3. The summed E-state index contributed by atoms with van der Waals surface area (Å²) in [5.41, 5.74) is 0.0705. The van der Waals surface area contributed by atoms with Gasteiger partial charge < -0.3 is 10.1 Å². The molecule has 0 saturated heterocycles. The molecule has 31 heavy (non-hydrogen) atoms. The average Bonchev–Trinajstić information content (AvgIpc) is 2.71. The Balaban J connectivity index is 1.59. The van der Waals surface area contributed by atoms with E-state index in [4.69, 9.17) is 39.5 Å². The third-order valence-corrected chi connectivity index (χ3v) is 6.51. The number of rotatable bonds is 8. The van der Waals surface area contributed by atoms with Gasteiger partial charge in [0.2, 0.25) is 15.9 Å². The van der Waals surface area contributed by atoms with Crippen molar-refractivity contribution >= 4 is 67.2 Å². The molecule has 0 spiro atoms. The summed E-state index contributed by atoms with van der Waals surface area (Å²) in [6, 6.07) is 16.2. The lowest BCUT2D eigenvalue weighted by Crippen LogP contribution is -2.41. The molecule has 3 aromatic carbocycles. The molecule has 0 heterocycles. The number of hydrogen-bond donors (Lipinski definition) is 1. The van der Waals surface area contributed by atoms with Gasteiger partial charge in [0.25, 0.3) is 0 Å². The minimum atomic E-state index is -3.80. The third-order valence-electron chi connectivity index (χ3n) is 4.36. The number of amides is 1. The first kappa shape index (κ1) is 23.5. The Hall–Kier alpha value is -2.19. The minimum absolute atomic E-state index is 0.0623. The quantitative estimate of drug-likeness (QED) is 0.357. The van der Waals surface area contributed by atoms with Crippen LogP contribution in [-0.4, -0.2) is 40.3 Å². The second-order valence-electron chi connectivity index (χ2n) is 6.69. The van der Waals surface area contributed by atoms with E-state index in [1.165, 1.54) is 12.1 Å². The van der Waals surface area contributed by atoms with Crippen LogP contribution in [-0.2, 0) is 14.8 Å². The molecule has 0 aliphatic rings. The maximum absolute atomic E-state index is 12.3. The lowest BCUT2D eigenvalue weighted by atomic mass is 10.1. The molecule has 3 aromatic rings. The number of fused-ring (bicyclic) bond motifs is 1. The monoisotopic (exact) mass is 500 g/mol. The SMILES string of the molecule is CS(=O)(=O)N(CC(=O)NCCOc1ccc2ccccc2c1)c1cc(Cl)c(Cl)cc1Cl. The Morgan fingerprint density at radius 3 is 2.35 bits per heavy atom. The third kappa shape index (κ3) is 6.17. The first-order valence-corrected chi connectivity index (χ1v) is 12.1. The number of carbonyl (C=O) groups excluding carboxylic acids is 1. The minimum Gasteiger partial charge on any atom is -0.492 e. The normalized spacial score (nSPS) is 11.4. The lowest BCUT2D eigenvalue weighted by Gasteiger charge is -2.23. The second kappa shape index (κ2) is 9.96. The van der Waals surface area contributed by atoms with E-state index >= 15 is 0 Å². The van der Waals surface area contributed by atoms with Gasteiger partial charge in [-0.05, 0) is 35.0 Å². The summed E-state index contributed by atoms with van der Waals surface area (Å²) in [7, 11) is -3.80. The van der Waals surface area contributed by atoms with Gasteiger partial charge in [-0.25, -0.2) is 8.42 Å². The molecule has 0 atom stereocenters. The van der Waals surface area contributed by atoms with Crippen LogP contribution < -0.4 is 14.4 Å². The van der Waals surface area contributed by atoms with E-state index in [-0.39, 0.29) is 33.9 Å². The van der Waals surface area contributed by atoms with Crippen molar-refractivity contribution in [2.45, 2.75) is 0 Å². The Labute approximate surface area is 195 Å². The number of hydrogen-bond acceptors (Lipinski definition) is 4. The zero-order chi connectivity index (χ0) is 22.6. The van der Waals surface area contributed by atoms with Gasteiger partial charge in [-0.15, -0.1) is 0 Å². The van der Waals surface area contributed by atoms with Crippen molar-refractivity contribution in [1.29, 1.82) is 0 Å². The van der Waals surface area contributed by atoms with Crippen molar-refractivity contribution in [3.8, 4) is 5.75 Å². The standard InChI is InChI=1S/C21H19Cl3N2O4S/c1-31(28,29)26(20-12-18(23)17(22)11-19(20)24)13-21(27)25-8-9-30-16-7-6-14-4-2-3-5-15(14)10-16/h2-7,10-12H,8-9,13H2,1H3,(H,25,27). The van der Waals surface area contributed by atoms with Crippen LogP contribution in [0.1, 0.15) is 0 Å². The molecular weight excluding hydrogens is 483 g/mol. The van der Waals surface area contributed by atoms with Crippen molar-refractivity contribution in [3.63, 3.8) is 0 Å². The molecule has 0 aliphatic carbocycles. The Morgan fingerprint density at radius 2 is 1.65 bits per heavy atom. The van der Waals surface area contributed by atoms with E-state index in [9.17, 15) is 13.2 Å². The molecule has 0 unspecified atom stereocenters. The number of carbonyl (C=O) groups is 1. The maximum atomic E-state index is 12.3. The molecule has 0 radical (unpaired) electrons. The van der Waals surface area contributed by atoms with Crippen molar-refractivity contribution in [2.24, 2.45) is 0 Å². The summed E-state index contributed by atoms with van der Waals surface area (Å²) in [5, 5.41) is 5.15. The highest BCUT2D eigenvalue weighted by atomic mass is 35.5. The number of anilines is 1. The molecule has 0 saturated carbocycles. The number of benzene rings is 3. The molecule has 0 bridgehead atoms. The molecule has 10 heteroatoms. The van der Waals surface area contributed by atoms with Crippen LogP contribution >= 0.6 is 34.8 Å². The fourth-order valence-corrected chi connectivity index (χ4v) is 4.44. The highest BCUT2D eigenvalue weighted by Gasteiger charge is 2.24. The number of sulfonamides is 1. The molecule has 3 rings (SSSR count). The van der Waals surface area contributed by atoms with Gasteiger partial charge in [-0.1, -0.05) is 65.1 Å². The number of halogens is 3. The first-order chi connectivity index (χ1) is 14.6. The van der Waals surface area contributed by atoms with Crippen molar-refractivity contribution in [2.75, 3.05) is 30.3 Å². The van der Waals surface area contributed by atoms with Crippen LogP contribution in [0.2, 0.25) is 15.1 Å². The molecule has 1 N–H and O–H groups in total. The lowest BCUT2D eigenvalue weighted by molar-refractivity contribution is -0.119. The summed E-state index contributed by atoms with van der Waals surface area (Å²) in [6.45, 7) is -0.0542. The number of ether oxygens (including phenoxy) is 1. The zero-order valence-corrected chi connectivity index (χ0v) is 19.5. The van der Waals surface area contributed by atoms with Gasteiger partial charge in [0.05, 0.1) is 33.6 Å². The van der Waals surface area contributed by atoms with E-state index in [1.54, 1.807) is 0 Å². The molecular formula is C21H19Cl3N2O4S. The second-order valence-corrected chi connectivity index (χ2v) is 9.82.